The fraction of sp³-hybridized carbons (Fsp3) is 0.455. The molecule has 0 aliphatic carbocycles. The third kappa shape index (κ3) is 4.35. The maximum Gasteiger partial charge on any atom is 0.446 e. The number of nitrogens with one attached hydrogen (secondary N) is 2. The van der Waals surface area contributed by atoms with Gasteiger partial charge < -0.3 is 10.6 Å². The molecule has 1 aromatic carbocycles. The van der Waals surface area contributed by atoms with E-state index < -0.39 is 5.51 Å². The van der Waals surface area contributed by atoms with Crippen LogP contribution in [0, 0.1) is 0 Å². The summed E-state index contributed by atoms with van der Waals surface area (Å²) in [6, 6.07) is 6.62. The highest BCUT2D eigenvalue weighted by molar-refractivity contribution is 8.00. The van der Waals surface area contributed by atoms with Gasteiger partial charge in [0.25, 0.3) is 0 Å². The van der Waals surface area contributed by atoms with Crippen LogP contribution in [0.3, 0.4) is 0 Å². The summed E-state index contributed by atoms with van der Waals surface area (Å²) in [6.45, 7) is 2.29. The summed E-state index contributed by atoms with van der Waals surface area (Å²) in [5.41, 5.74) is -3.53. The standard InChI is InChI=1S/C11H13F3N2S.ClH/c12-11(13,14)17-10-4-2-1-3-8(10)9-7-15-5-6-16-9;/h1-4,9,15-16H,5-7H2;1H/t9-;/m1./s1. The van der Waals surface area contributed by atoms with Crippen molar-refractivity contribution in [3.8, 4) is 0 Å². The second-order valence-electron chi connectivity index (χ2n) is 3.80. The summed E-state index contributed by atoms with van der Waals surface area (Å²) in [7, 11) is 0. The van der Waals surface area contributed by atoms with Crippen molar-refractivity contribution in [3.05, 3.63) is 29.8 Å². The smallest absolute Gasteiger partial charge is 0.314 e. The molecule has 0 amide bonds. The van der Waals surface area contributed by atoms with Crippen molar-refractivity contribution >= 4 is 24.2 Å². The van der Waals surface area contributed by atoms with E-state index in [0.29, 0.717) is 12.1 Å². The van der Waals surface area contributed by atoms with E-state index in [0.717, 1.165) is 13.1 Å². The van der Waals surface area contributed by atoms with E-state index >= 15 is 0 Å². The van der Waals surface area contributed by atoms with Crippen molar-refractivity contribution in [3.63, 3.8) is 0 Å². The predicted molar refractivity (Wildman–Crippen MR) is 69.2 cm³/mol. The first-order valence-corrected chi connectivity index (χ1v) is 6.17. The minimum atomic E-state index is -4.24. The zero-order valence-electron chi connectivity index (χ0n) is 9.46. The first-order chi connectivity index (χ1) is 8.06. The maximum atomic E-state index is 12.4. The number of rotatable bonds is 2. The van der Waals surface area contributed by atoms with Crippen molar-refractivity contribution in [2.75, 3.05) is 19.6 Å². The zero-order valence-corrected chi connectivity index (χ0v) is 11.1. The highest BCUT2D eigenvalue weighted by Crippen LogP contribution is 2.40. The zero-order chi connectivity index (χ0) is 12.3. The first kappa shape index (κ1) is 15.6. The van der Waals surface area contributed by atoms with E-state index in [1.807, 2.05) is 0 Å². The number of hydrogen-bond acceptors (Lipinski definition) is 3. The number of alkyl halides is 3. The lowest BCUT2D eigenvalue weighted by Gasteiger charge is -2.26. The van der Waals surface area contributed by atoms with Crippen LogP contribution in [0.5, 0.6) is 0 Å². The molecule has 0 saturated carbocycles. The molecule has 1 aliphatic rings. The van der Waals surface area contributed by atoms with Gasteiger partial charge in [0.05, 0.1) is 0 Å². The van der Waals surface area contributed by atoms with Crippen molar-refractivity contribution in [1.29, 1.82) is 0 Å². The van der Waals surface area contributed by atoms with E-state index in [1.54, 1.807) is 18.2 Å². The van der Waals surface area contributed by atoms with E-state index in [1.165, 1.54) is 6.07 Å². The Kier molecular flexibility index (Phi) is 5.78. The Labute approximate surface area is 114 Å². The van der Waals surface area contributed by atoms with Gasteiger partial charge in [-0.3, -0.25) is 0 Å². The van der Waals surface area contributed by atoms with Gasteiger partial charge in [-0.25, -0.2) is 0 Å². The Hall–Kier alpha value is -0.430. The predicted octanol–water partition coefficient (Wildman–Crippen LogP) is 2.95. The molecule has 18 heavy (non-hydrogen) atoms. The van der Waals surface area contributed by atoms with Gasteiger partial charge in [0.2, 0.25) is 0 Å². The van der Waals surface area contributed by atoms with Crippen LogP contribution in [0.1, 0.15) is 11.6 Å². The molecule has 1 heterocycles. The van der Waals surface area contributed by atoms with Crippen LogP contribution in [0.2, 0.25) is 0 Å². The molecular formula is C11H14ClF3N2S. The fourth-order valence-corrected chi connectivity index (χ4v) is 2.58. The molecule has 1 atom stereocenters. The van der Waals surface area contributed by atoms with Gasteiger partial charge in [0, 0.05) is 30.6 Å². The van der Waals surface area contributed by atoms with Crippen LogP contribution in [0.15, 0.2) is 29.2 Å². The van der Waals surface area contributed by atoms with Gasteiger partial charge in [-0.2, -0.15) is 13.2 Å². The summed E-state index contributed by atoms with van der Waals surface area (Å²) in [4.78, 5) is 0.279. The van der Waals surface area contributed by atoms with Crippen LogP contribution < -0.4 is 10.6 Å². The Morgan fingerprint density at radius 1 is 1.17 bits per heavy atom. The molecular weight excluding hydrogens is 285 g/mol. The largest absolute Gasteiger partial charge is 0.446 e. The molecule has 0 unspecified atom stereocenters. The number of benzene rings is 1. The Bertz CT molecular complexity index is 381. The molecule has 1 fully saturated rings. The number of hydrogen-bond donors (Lipinski definition) is 2. The van der Waals surface area contributed by atoms with E-state index in [-0.39, 0.29) is 35.1 Å². The minimum Gasteiger partial charge on any atom is -0.314 e. The van der Waals surface area contributed by atoms with Crippen LogP contribution in [0.25, 0.3) is 0 Å². The molecule has 1 aliphatic heterocycles. The molecule has 0 aromatic heterocycles. The number of piperazine rings is 1. The Balaban J connectivity index is 0.00000162. The molecule has 7 heteroatoms. The third-order valence-corrected chi connectivity index (χ3v) is 3.38. The van der Waals surface area contributed by atoms with Crippen molar-refractivity contribution in [2.24, 2.45) is 0 Å². The monoisotopic (exact) mass is 298 g/mol. The van der Waals surface area contributed by atoms with Gasteiger partial charge in [-0.15, -0.1) is 12.4 Å². The molecule has 1 saturated heterocycles. The normalized spacial score (nSPS) is 20.3. The van der Waals surface area contributed by atoms with Gasteiger partial charge >= 0.3 is 5.51 Å². The average molecular weight is 299 g/mol. The molecule has 0 bridgehead atoms. The van der Waals surface area contributed by atoms with Gasteiger partial charge in [0.1, 0.15) is 0 Å². The highest BCUT2D eigenvalue weighted by atomic mass is 35.5. The Morgan fingerprint density at radius 3 is 2.50 bits per heavy atom. The fourth-order valence-electron chi connectivity index (χ4n) is 1.86. The molecule has 0 radical (unpaired) electrons. The first-order valence-electron chi connectivity index (χ1n) is 5.35. The Morgan fingerprint density at radius 2 is 1.89 bits per heavy atom. The molecule has 0 spiro atoms. The van der Waals surface area contributed by atoms with Crippen molar-refractivity contribution < 1.29 is 13.2 Å². The minimum absolute atomic E-state index is 0. The SMILES string of the molecule is Cl.FC(F)(F)Sc1ccccc1[C@H]1CNCCN1. The summed E-state index contributed by atoms with van der Waals surface area (Å²) < 4.78 is 37.2. The lowest BCUT2D eigenvalue weighted by atomic mass is 10.1. The molecule has 1 aromatic rings. The van der Waals surface area contributed by atoms with Crippen molar-refractivity contribution in [1.82, 2.24) is 10.6 Å². The van der Waals surface area contributed by atoms with Gasteiger partial charge in [-0.1, -0.05) is 18.2 Å². The summed E-state index contributed by atoms with van der Waals surface area (Å²) in [6.07, 6.45) is 0. The van der Waals surface area contributed by atoms with Crippen LogP contribution in [0.4, 0.5) is 13.2 Å². The second kappa shape index (κ2) is 6.65. The summed E-state index contributed by atoms with van der Waals surface area (Å²) in [5.74, 6) is 0. The van der Waals surface area contributed by atoms with Crippen LogP contribution in [-0.4, -0.2) is 25.1 Å². The highest BCUT2D eigenvalue weighted by Gasteiger charge is 2.31. The van der Waals surface area contributed by atoms with Gasteiger partial charge in [-0.05, 0) is 23.4 Å². The lowest BCUT2D eigenvalue weighted by Crippen LogP contribution is -2.42. The summed E-state index contributed by atoms with van der Waals surface area (Å²) >= 11 is -0.0468. The van der Waals surface area contributed by atoms with E-state index in [4.69, 9.17) is 0 Å². The lowest BCUT2D eigenvalue weighted by molar-refractivity contribution is -0.0328. The number of thioether (sulfide) groups is 1. The second-order valence-corrected chi connectivity index (χ2v) is 4.90. The molecule has 102 valence electrons. The van der Waals surface area contributed by atoms with E-state index in [9.17, 15) is 13.2 Å². The summed E-state index contributed by atoms with van der Waals surface area (Å²) in [5, 5.41) is 6.39. The van der Waals surface area contributed by atoms with Crippen LogP contribution in [-0.2, 0) is 0 Å². The molecule has 2 nitrogen and oxygen atoms in total. The van der Waals surface area contributed by atoms with Gasteiger partial charge in [0.15, 0.2) is 0 Å². The van der Waals surface area contributed by atoms with Crippen LogP contribution >= 0.6 is 24.2 Å². The molecule has 2 N–H and O–H groups in total. The van der Waals surface area contributed by atoms with Crippen molar-refractivity contribution in [2.45, 2.75) is 16.4 Å². The molecule has 2 rings (SSSR count). The van der Waals surface area contributed by atoms with E-state index in [2.05, 4.69) is 10.6 Å². The topological polar surface area (TPSA) is 24.1 Å². The maximum absolute atomic E-state index is 12.4. The third-order valence-electron chi connectivity index (χ3n) is 2.56. The quantitative estimate of drug-likeness (QED) is 0.821. The number of halogens is 4. The average Bonchev–Trinajstić information content (AvgIpc) is 2.29.